The lowest BCUT2D eigenvalue weighted by Gasteiger charge is -2.38. The second-order valence-corrected chi connectivity index (χ2v) is 6.20. The summed E-state index contributed by atoms with van der Waals surface area (Å²) in [6.45, 7) is 3.26. The van der Waals surface area contributed by atoms with Crippen molar-refractivity contribution >= 4 is 5.82 Å². The molecule has 2 aromatic heterocycles. The summed E-state index contributed by atoms with van der Waals surface area (Å²) in [7, 11) is 3.74. The van der Waals surface area contributed by atoms with E-state index >= 15 is 0 Å². The van der Waals surface area contributed by atoms with Crippen LogP contribution in [-0.2, 0) is 6.42 Å². The third-order valence-corrected chi connectivity index (χ3v) is 4.64. The maximum atomic E-state index is 5.21. The molecule has 1 fully saturated rings. The van der Waals surface area contributed by atoms with Crippen molar-refractivity contribution in [1.82, 2.24) is 19.9 Å². The Balaban J connectivity index is 1.58. The quantitative estimate of drug-likeness (QED) is 0.809. The Morgan fingerprint density at radius 3 is 3.00 bits per heavy atom. The summed E-state index contributed by atoms with van der Waals surface area (Å²) in [5, 5.41) is 0. The van der Waals surface area contributed by atoms with Gasteiger partial charge in [-0.05, 0) is 31.5 Å². The van der Waals surface area contributed by atoms with Crippen LogP contribution in [0, 0.1) is 0 Å². The smallest absolute Gasteiger partial charge is 0.218 e. The number of likely N-dealkylation sites (N-methyl/N-ethyl adjacent to an activating group) is 1. The Hall–Kier alpha value is -2.21. The van der Waals surface area contributed by atoms with Crippen LogP contribution in [0.5, 0.6) is 5.88 Å². The third kappa shape index (κ3) is 4.20. The molecule has 0 amide bonds. The molecule has 6 nitrogen and oxygen atoms in total. The number of aromatic nitrogens is 3. The molecule has 3 heterocycles. The molecule has 6 heteroatoms. The minimum atomic E-state index is 0.460. The Morgan fingerprint density at radius 1 is 1.29 bits per heavy atom. The van der Waals surface area contributed by atoms with Crippen molar-refractivity contribution in [2.24, 2.45) is 0 Å². The Bertz CT molecular complexity index is 636. The van der Waals surface area contributed by atoms with Gasteiger partial charge in [0.05, 0.1) is 7.11 Å². The van der Waals surface area contributed by atoms with E-state index in [0.717, 1.165) is 37.6 Å². The van der Waals surface area contributed by atoms with E-state index < -0.39 is 0 Å². The van der Waals surface area contributed by atoms with Gasteiger partial charge >= 0.3 is 0 Å². The number of methoxy groups -OCH3 is 1. The summed E-state index contributed by atoms with van der Waals surface area (Å²) in [4.78, 5) is 17.7. The Morgan fingerprint density at radius 2 is 2.21 bits per heavy atom. The standard InChI is InChI=1S/C18H25N5O/c1-22(17-12-18(24-2)21-14-20-17)16-7-5-10-23(13-16)11-8-15-6-3-4-9-19-15/h3-4,6,9,12,14,16H,5,7-8,10-11,13H2,1-2H3. The van der Waals surface area contributed by atoms with E-state index in [4.69, 9.17) is 4.74 Å². The highest BCUT2D eigenvalue weighted by atomic mass is 16.5. The number of nitrogens with zero attached hydrogens (tertiary/aromatic N) is 5. The average molecular weight is 327 g/mol. The largest absolute Gasteiger partial charge is 0.481 e. The number of piperidine rings is 1. The van der Waals surface area contributed by atoms with Gasteiger partial charge in [-0.1, -0.05) is 6.07 Å². The number of anilines is 1. The van der Waals surface area contributed by atoms with Crippen molar-refractivity contribution in [2.75, 3.05) is 38.7 Å². The van der Waals surface area contributed by atoms with Crippen LogP contribution in [0.25, 0.3) is 0 Å². The molecule has 3 rings (SSSR count). The van der Waals surface area contributed by atoms with E-state index in [0.29, 0.717) is 11.9 Å². The molecule has 1 saturated heterocycles. The summed E-state index contributed by atoms with van der Waals surface area (Å²) in [6.07, 6.45) is 6.82. The molecule has 128 valence electrons. The van der Waals surface area contributed by atoms with E-state index in [2.05, 4.69) is 43.9 Å². The first kappa shape index (κ1) is 16.6. The van der Waals surface area contributed by atoms with E-state index in [1.165, 1.54) is 12.8 Å². The molecule has 0 saturated carbocycles. The molecule has 0 spiro atoms. The van der Waals surface area contributed by atoms with E-state index in [-0.39, 0.29) is 0 Å². The molecule has 2 aromatic rings. The van der Waals surface area contributed by atoms with Gasteiger partial charge < -0.3 is 14.5 Å². The zero-order valence-corrected chi connectivity index (χ0v) is 14.4. The fraction of sp³-hybridized carbons (Fsp3) is 0.500. The number of hydrogen-bond acceptors (Lipinski definition) is 6. The zero-order valence-electron chi connectivity index (χ0n) is 14.4. The molecule has 0 bridgehead atoms. The molecular weight excluding hydrogens is 302 g/mol. The molecule has 1 atom stereocenters. The van der Waals surface area contributed by atoms with Gasteiger partial charge in [-0.15, -0.1) is 0 Å². The van der Waals surface area contributed by atoms with Gasteiger partial charge in [0.25, 0.3) is 0 Å². The maximum Gasteiger partial charge on any atom is 0.218 e. The van der Waals surface area contributed by atoms with Crippen LogP contribution in [0.3, 0.4) is 0 Å². The minimum Gasteiger partial charge on any atom is -0.481 e. The number of ether oxygens (including phenoxy) is 1. The second kappa shape index (κ2) is 8.06. The van der Waals surface area contributed by atoms with Crippen LogP contribution in [0.1, 0.15) is 18.5 Å². The monoisotopic (exact) mass is 327 g/mol. The molecule has 0 aromatic carbocycles. The number of pyridine rings is 1. The molecular formula is C18H25N5O. The zero-order chi connectivity index (χ0) is 16.8. The number of likely N-dealkylation sites (tertiary alicyclic amines) is 1. The van der Waals surface area contributed by atoms with Crippen LogP contribution < -0.4 is 9.64 Å². The van der Waals surface area contributed by atoms with Crippen LogP contribution in [0.15, 0.2) is 36.8 Å². The van der Waals surface area contributed by atoms with Gasteiger partial charge in [0.1, 0.15) is 12.1 Å². The predicted octanol–water partition coefficient (Wildman–Crippen LogP) is 2.02. The van der Waals surface area contributed by atoms with Gasteiger partial charge in [-0.25, -0.2) is 9.97 Å². The van der Waals surface area contributed by atoms with E-state index in [1.54, 1.807) is 13.4 Å². The van der Waals surface area contributed by atoms with Crippen LogP contribution in [0.4, 0.5) is 5.82 Å². The molecule has 0 aliphatic carbocycles. The third-order valence-electron chi connectivity index (χ3n) is 4.64. The normalized spacial score (nSPS) is 18.3. The summed E-state index contributed by atoms with van der Waals surface area (Å²) in [6, 6.07) is 8.47. The average Bonchev–Trinajstić information content (AvgIpc) is 2.67. The Labute approximate surface area is 143 Å². The molecule has 1 aliphatic rings. The van der Waals surface area contributed by atoms with Crippen molar-refractivity contribution in [3.8, 4) is 5.88 Å². The first-order valence-electron chi connectivity index (χ1n) is 8.47. The highest BCUT2D eigenvalue weighted by Crippen LogP contribution is 2.21. The van der Waals surface area contributed by atoms with E-state index in [9.17, 15) is 0 Å². The van der Waals surface area contributed by atoms with Gasteiger partial charge in [0.2, 0.25) is 5.88 Å². The van der Waals surface area contributed by atoms with Gasteiger partial charge in [0, 0.05) is 50.6 Å². The SMILES string of the molecule is COc1cc(N(C)C2CCCN(CCc3ccccn3)C2)ncn1. The molecule has 0 N–H and O–H groups in total. The summed E-state index contributed by atoms with van der Waals surface area (Å²) in [5.41, 5.74) is 1.16. The minimum absolute atomic E-state index is 0.460. The number of rotatable bonds is 6. The van der Waals surface area contributed by atoms with Crippen LogP contribution in [-0.4, -0.2) is 59.7 Å². The predicted molar refractivity (Wildman–Crippen MR) is 94.4 cm³/mol. The molecule has 0 radical (unpaired) electrons. The summed E-state index contributed by atoms with van der Waals surface area (Å²) >= 11 is 0. The fourth-order valence-corrected chi connectivity index (χ4v) is 3.19. The van der Waals surface area contributed by atoms with Crippen LogP contribution >= 0.6 is 0 Å². The summed E-state index contributed by atoms with van der Waals surface area (Å²) < 4.78 is 5.21. The van der Waals surface area contributed by atoms with Gasteiger partial charge in [0.15, 0.2) is 0 Å². The maximum absolute atomic E-state index is 5.21. The molecule has 24 heavy (non-hydrogen) atoms. The first-order valence-corrected chi connectivity index (χ1v) is 8.47. The van der Waals surface area contributed by atoms with Crippen molar-refractivity contribution in [2.45, 2.75) is 25.3 Å². The highest BCUT2D eigenvalue weighted by molar-refractivity contribution is 5.41. The van der Waals surface area contributed by atoms with Gasteiger partial charge in [-0.3, -0.25) is 4.98 Å². The highest BCUT2D eigenvalue weighted by Gasteiger charge is 2.24. The van der Waals surface area contributed by atoms with Crippen molar-refractivity contribution < 1.29 is 4.74 Å². The van der Waals surface area contributed by atoms with Crippen molar-refractivity contribution in [3.05, 3.63) is 42.5 Å². The van der Waals surface area contributed by atoms with Crippen LogP contribution in [0.2, 0.25) is 0 Å². The topological polar surface area (TPSA) is 54.4 Å². The fourth-order valence-electron chi connectivity index (χ4n) is 3.19. The molecule has 1 aliphatic heterocycles. The second-order valence-electron chi connectivity index (χ2n) is 6.20. The lowest BCUT2D eigenvalue weighted by atomic mass is 10.0. The molecule has 1 unspecified atom stereocenters. The lowest BCUT2D eigenvalue weighted by molar-refractivity contribution is 0.207. The van der Waals surface area contributed by atoms with E-state index in [1.807, 2.05) is 18.3 Å². The van der Waals surface area contributed by atoms with Crippen molar-refractivity contribution in [3.63, 3.8) is 0 Å². The summed E-state index contributed by atoms with van der Waals surface area (Å²) in [5.74, 6) is 1.52. The Kier molecular flexibility index (Phi) is 5.59. The number of hydrogen-bond donors (Lipinski definition) is 0. The lowest BCUT2D eigenvalue weighted by Crippen LogP contribution is -2.47. The first-order chi connectivity index (χ1) is 11.8. The van der Waals surface area contributed by atoms with Crippen molar-refractivity contribution in [1.29, 1.82) is 0 Å². The van der Waals surface area contributed by atoms with Gasteiger partial charge in [-0.2, -0.15) is 0 Å².